The van der Waals surface area contributed by atoms with Gasteiger partial charge >= 0.3 is 5.97 Å². The van der Waals surface area contributed by atoms with Crippen molar-refractivity contribution in [2.24, 2.45) is 0 Å². The number of carbonyl (C=O) groups excluding carboxylic acids is 2. The summed E-state index contributed by atoms with van der Waals surface area (Å²) in [6.45, 7) is -0.385. The van der Waals surface area contributed by atoms with Crippen LogP contribution in [0.3, 0.4) is 0 Å². The largest absolute Gasteiger partial charge is 0.493 e. The first-order valence-electron chi connectivity index (χ1n) is 8.57. The molecule has 0 aromatic heterocycles. The van der Waals surface area contributed by atoms with E-state index in [1.54, 1.807) is 18.2 Å². The Hall–Kier alpha value is -3.54. The number of methoxy groups -OCH3 is 3. The molecule has 0 aliphatic carbocycles. The van der Waals surface area contributed by atoms with Crippen LogP contribution in [0.2, 0.25) is 0 Å². The third-order valence-corrected chi connectivity index (χ3v) is 4.35. The number of hydrogen-bond donors (Lipinski definition) is 0. The number of benzene rings is 3. The van der Waals surface area contributed by atoms with E-state index in [2.05, 4.69) is 0 Å². The second-order valence-corrected chi connectivity index (χ2v) is 5.91. The lowest BCUT2D eigenvalue weighted by Crippen LogP contribution is -2.15. The van der Waals surface area contributed by atoms with Gasteiger partial charge in [0.1, 0.15) is 5.56 Å². The fourth-order valence-corrected chi connectivity index (χ4v) is 3.02. The summed E-state index contributed by atoms with van der Waals surface area (Å²) in [5.41, 5.74) is 0.649. The molecule has 0 saturated carbocycles. The molecule has 0 spiro atoms. The van der Waals surface area contributed by atoms with Crippen molar-refractivity contribution in [3.05, 3.63) is 65.7 Å². The van der Waals surface area contributed by atoms with E-state index < -0.39 is 5.97 Å². The summed E-state index contributed by atoms with van der Waals surface area (Å²) in [5.74, 6) is -0.0944. The van der Waals surface area contributed by atoms with Gasteiger partial charge in [-0.05, 0) is 22.9 Å². The number of ether oxygens (including phenoxy) is 4. The fourth-order valence-electron chi connectivity index (χ4n) is 3.02. The monoisotopic (exact) mass is 380 g/mol. The molecule has 0 aliphatic heterocycles. The first-order valence-corrected chi connectivity index (χ1v) is 8.57. The standard InChI is InChI=1S/C22H20O6/c1-25-19-12-11-17(20(26-2)21(19)27-3)22(24)28-13-18(23)16-10-6-8-14-7-4-5-9-15(14)16/h4-12H,13H2,1-3H3. The average molecular weight is 380 g/mol. The molecule has 0 bridgehead atoms. The molecule has 0 fully saturated rings. The van der Waals surface area contributed by atoms with Crippen LogP contribution in [-0.4, -0.2) is 39.7 Å². The molecule has 0 saturated heterocycles. The number of carbonyl (C=O) groups is 2. The molecular formula is C22H20O6. The Kier molecular flexibility index (Phi) is 5.79. The second-order valence-electron chi connectivity index (χ2n) is 5.91. The van der Waals surface area contributed by atoms with Crippen LogP contribution in [0.15, 0.2) is 54.6 Å². The highest BCUT2D eigenvalue weighted by Crippen LogP contribution is 2.40. The van der Waals surface area contributed by atoms with Gasteiger partial charge in [0.25, 0.3) is 0 Å². The normalized spacial score (nSPS) is 10.4. The van der Waals surface area contributed by atoms with Gasteiger partial charge in [0.05, 0.1) is 21.3 Å². The fraction of sp³-hybridized carbons (Fsp3) is 0.182. The van der Waals surface area contributed by atoms with Gasteiger partial charge in [-0.1, -0.05) is 42.5 Å². The molecular weight excluding hydrogens is 360 g/mol. The van der Waals surface area contributed by atoms with Gasteiger partial charge < -0.3 is 18.9 Å². The number of hydrogen-bond acceptors (Lipinski definition) is 6. The quantitative estimate of drug-likeness (QED) is 0.457. The number of ketones is 1. The van der Waals surface area contributed by atoms with Gasteiger partial charge in [-0.3, -0.25) is 4.79 Å². The summed E-state index contributed by atoms with van der Waals surface area (Å²) in [5, 5.41) is 1.76. The van der Waals surface area contributed by atoms with Crippen molar-refractivity contribution in [3.8, 4) is 17.2 Å². The summed E-state index contributed by atoms with van der Waals surface area (Å²) in [7, 11) is 4.34. The zero-order chi connectivity index (χ0) is 20.1. The van der Waals surface area contributed by atoms with Crippen molar-refractivity contribution in [1.29, 1.82) is 0 Å². The molecule has 0 heterocycles. The van der Waals surface area contributed by atoms with Crippen LogP contribution in [0.1, 0.15) is 20.7 Å². The molecule has 6 nitrogen and oxygen atoms in total. The molecule has 0 unspecified atom stereocenters. The molecule has 6 heteroatoms. The Morgan fingerprint density at radius 2 is 1.46 bits per heavy atom. The Labute approximate surface area is 162 Å². The van der Waals surface area contributed by atoms with Crippen molar-refractivity contribution in [3.63, 3.8) is 0 Å². The number of fused-ring (bicyclic) bond motifs is 1. The third-order valence-electron chi connectivity index (χ3n) is 4.35. The van der Waals surface area contributed by atoms with Crippen LogP contribution >= 0.6 is 0 Å². The minimum atomic E-state index is -0.689. The van der Waals surface area contributed by atoms with E-state index in [1.807, 2.05) is 30.3 Å². The van der Waals surface area contributed by atoms with Crippen LogP contribution in [-0.2, 0) is 4.74 Å². The lowest BCUT2D eigenvalue weighted by atomic mass is 10.0. The zero-order valence-corrected chi connectivity index (χ0v) is 15.9. The van der Waals surface area contributed by atoms with Crippen LogP contribution in [0.25, 0.3) is 10.8 Å². The Balaban J connectivity index is 1.81. The van der Waals surface area contributed by atoms with Crippen molar-refractivity contribution >= 4 is 22.5 Å². The zero-order valence-electron chi connectivity index (χ0n) is 15.9. The van der Waals surface area contributed by atoms with E-state index in [9.17, 15) is 9.59 Å². The van der Waals surface area contributed by atoms with E-state index in [-0.39, 0.29) is 29.5 Å². The summed E-state index contributed by atoms with van der Waals surface area (Å²) in [6.07, 6.45) is 0. The van der Waals surface area contributed by atoms with E-state index in [0.29, 0.717) is 11.3 Å². The highest BCUT2D eigenvalue weighted by Gasteiger charge is 2.22. The molecule has 3 rings (SSSR count). The Morgan fingerprint density at radius 3 is 2.18 bits per heavy atom. The average Bonchev–Trinajstić information content (AvgIpc) is 2.75. The van der Waals surface area contributed by atoms with Crippen LogP contribution in [0.5, 0.6) is 17.2 Å². The van der Waals surface area contributed by atoms with Gasteiger partial charge in [0.2, 0.25) is 11.5 Å². The number of esters is 1. The lowest BCUT2D eigenvalue weighted by Gasteiger charge is -2.15. The summed E-state index contributed by atoms with van der Waals surface area (Å²) in [4.78, 5) is 25.2. The predicted octanol–water partition coefficient (Wildman–Crippen LogP) is 3.91. The van der Waals surface area contributed by atoms with E-state index >= 15 is 0 Å². The molecule has 3 aromatic carbocycles. The molecule has 0 amide bonds. The summed E-state index contributed by atoms with van der Waals surface area (Å²) < 4.78 is 21.0. The molecule has 3 aromatic rings. The minimum absolute atomic E-state index is 0.144. The van der Waals surface area contributed by atoms with Gasteiger partial charge in [0, 0.05) is 5.56 Å². The Morgan fingerprint density at radius 1 is 0.750 bits per heavy atom. The molecule has 0 aliphatic rings. The first-order chi connectivity index (χ1) is 13.6. The maximum absolute atomic E-state index is 12.6. The number of Topliss-reactive ketones (excluding diaryl/α,β-unsaturated/α-hetero) is 1. The molecule has 0 radical (unpaired) electrons. The van der Waals surface area contributed by atoms with Crippen LogP contribution < -0.4 is 14.2 Å². The van der Waals surface area contributed by atoms with Crippen molar-refractivity contribution in [2.75, 3.05) is 27.9 Å². The molecule has 0 N–H and O–H groups in total. The number of rotatable bonds is 7. The smallest absolute Gasteiger partial charge is 0.342 e. The first kappa shape index (κ1) is 19.2. The van der Waals surface area contributed by atoms with Crippen molar-refractivity contribution in [1.82, 2.24) is 0 Å². The molecule has 0 atom stereocenters. The van der Waals surface area contributed by atoms with Gasteiger partial charge in [-0.15, -0.1) is 0 Å². The molecule has 144 valence electrons. The molecule has 28 heavy (non-hydrogen) atoms. The summed E-state index contributed by atoms with van der Waals surface area (Å²) >= 11 is 0. The van der Waals surface area contributed by atoms with Crippen molar-refractivity contribution < 1.29 is 28.5 Å². The maximum Gasteiger partial charge on any atom is 0.342 e. The lowest BCUT2D eigenvalue weighted by molar-refractivity contribution is 0.0471. The second kappa shape index (κ2) is 8.43. The predicted molar refractivity (Wildman–Crippen MR) is 105 cm³/mol. The van der Waals surface area contributed by atoms with E-state index in [4.69, 9.17) is 18.9 Å². The van der Waals surface area contributed by atoms with Gasteiger partial charge in [0.15, 0.2) is 18.1 Å². The van der Waals surface area contributed by atoms with E-state index in [1.165, 1.54) is 27.4 Å². The van der Waals surface area contributed by atoms with Gasteiger partial charge in [-0.2, -0.15) is 0 Å². The topological polar surface area (TPSA) is 71.1 Å². The summed E-state index contributed by atoms with van der Waals surface area (Å²) in [6, 6.07) is 16.1. The maximum atomic E-state index is 12.6. The highest BCUT2D eigenvalue weighted by atomic mass is 16.5. The Bertz CT molecular complexity index is 1020. The minimum Gasteiger partial charge on any atom is -0.493 e. The SMILES string of the molecule is COc1ccc(C(=O)OCC(=O)c2cccc3ccccc23)c(OC)c1OC. The van der Waals surface area contributed by atoms with E-state index in [0.717, 1.165) is 10.8 Å². The van der Waals surface area contributed by atoms with Crippen LogP contribution in [0.4, 0.5) is 0 Å². The van der Waals surface area contributed by atoms with Crippen LogP contribution in [0, 0.1) is 0 Å². The van der Waals surface area contributed by atoms with Gasteiger partial charge in [-0.25, -0.2) is 4.79 Å². The highest BCUT2D eigenvalue weighted by molar-refractivity contribution is 6.09. The third kappa shape index (κ3) is 3.62. The van der Waals surface area contributed by atoms with Crippen molar-refractivity contribution in [2.45, 2.75) is 0 Å².